The second kappa shape index (κ2) is 6.81. The first-order valence-corrected chi connectivity index (χ1v) is 9.09. The third kappa shape index (κ3) is 3.11. The normalized spacial score (nSPS) is 18.5. The van der Waals surface area contributed by atoms with Crippen LogP contribution in [0.15, 0.2) is 41.0 Å². The van der Waals surface area contributed by atoms with Gasteiger partial charge in [0.05, 0.1) is 25.9 Å². The first-order chi connectivity index (χ1) is 11.8. The fourth-order valence-corrected chi connectivity index (χ4v) is 4.12. The molecule has 2 N–H and O–H groups in total. The van der Waals surface area contributed by atoms with Crippen molar-refractivity contribution in [1.29, 1.82) is 0 Å². The molecule has 126 valence electrons. The van der Waals surface area contributed by atoms with Crippen molar-refractivity contribution in [2.75, 3.05) is 19.6 Å². The number of benzene rings is 1. The second-order valence-electron chi connectivity index (χ2n) is 6.98. The molecule has 1 aliphatic carbocycles. The fraction of sp³-hybridized carbons (Fsp3) is 0.450. The number of hydrogen-bond acceptors (Lipinski definition) is 2. The summed E-state index contributed by atoms with van der Waals surface area (Å²) in [4.78, 5) is 14.1. The highest BCUT2D eigenvalue weighted by molar-refractivity contribution is 5.94. The third-order valence-corrected chi connectivity index (χ3v) is 5.45. The van der Waals surface area contributed by atoms with Crippen molar-refractivity contribution in [2.45, 2.75) is 38.1 Å². The molecule has 4 rings (SSSR count). The van der Waals surface area contributed by atoms with Gasteiger partial charge >= 0.3 is 0 Å². The van der Waals surface area contributed by atoms with Crippen LogP contribution in [0.1, 0.15) is 52.5 Å². The number of quaternary nitrogens is 1. The van der Waals surface area contributed by atoms with Gasteiger partial charge < -0.3 is 14.6 Å². The van der Waals surface area contributed by atoms with Crippen molar-refractivity contribution >= 4 is 5.91 Å². The van der Waals surface area contributed by atoms with E-state index in [4.69, 9.17) is 4.42 Å². The van der Waals surface area contributed by atoms with Gasteiger partial charge in [0.25, 0.3) is 5.91 Å². The van der Waals surface area contributed by atoms with E-state index in [-0.39, 0.29) is 11.9 Å². The van der Waals surface area contributed by atoms with E-state index in [1.54, 1.807) is 6.26 Å². The van der Waals surface area contributed by atoms with Crippen molar-refractivity contribution < 1.29 is 14.1 Å². The summed E-state index contributed by atoms with van der Waals surface area (Å²) in [5, 5.41) is 3.14. The van der Waals surface area contributed by atoms with E-state index in [9.17, 15) is 4.79 Å². The number of aryl methyl sites for hydroxylation is 2. The quantitative estimate of drug-likeness (QED) is 0.882. The maximum absolute atomic E-state index is 12.6. The van der Waals surface area contributed by atoms with Crippen LogP contribution in [0.4, 0.5) is 0 Å². The van der Waals surface area contributed by atoms with Crippen LogP contribution in [-0.4, -0.2) is 25.5 Å². The Morgan fingerprint density at radius 3 is 2.75 bits per heavy atom. The molecule has 0 saturated carbocycles. The van der Waals surface area contributed by atoms with Crippen LogP contribution in [0.25, 0.3) is 0 Å². The Kier molecular flexibility index (Phi) is 4.39. The van der Waals surface area contributed by atoms with Crippen LogP contribution in [0.2, 0.25) is 0 Å². The molecule has 2 heterocycles. The second-order valence-corrected chi connectivity index (χ2v) is 6.98. The summed E-state index contributed by atoms with van der Waals surface area (Å²) in [6.07, 6.45) is 7.69. The zero-order valence-electron chi connectivity index (χ0n) is 14.0. The fourth-order valence-electron chi connectivity index (χ4n) is 4.12. The number of carbonyl (C=O) groups excluding carboxylic acids is 1. The van der Waals surface area contributed by atoms with Crippen LogP contribution in [-0.2, 0) is 12.8 Å². The zero-order chi connectivity index (χ0) is 16.4. The van der Waals surface area contributed by atoms with E-state index in [1.165, 1.54) is 35.3 Å². The van der Waals surface area contributed by atoms with E-state index >= 15 is 0 Å². The number of amides is 1. The first-order valence-electron chi connectivity index (χ1n) is 9.09. The van der Waals surface area contributed by atoms with Gasteiger partial charge in [-0.1, -0.05) is 6.07 Å². The molecule has 1 fully saturated rings. The summed E-state index contributed by atoms with van der Waals surface area (Å²) in [5.41, 5.74) is 3.53. The minimum Gasteiger partial charge on any atom is -0.463 e. The molecule has 1 atom stereocenters. The molecule has 2 aromatic rings. The van der Waals surface area contributed by atoms with Crippen molar-refractivity contribution in [1.82, 2.24) is 5.32 Å². The van der Waals surface area contributed by atoms with Gasteiger partial charge in [-0.3, -0.25) is 4.79 Å². The molecule has 2 aliphatic rings. The summed E-state index contributed by atoms with van der Waals surface area (Å²) in [6.45, 7) is 2.93. The Hall–Kier alpha value is -2.07. The van der Waals surface area contributed by atoms with Crippen LogP contribution in [0.5, 0.6) is 0 Å². The maximum Gasteiger partial charge on any atom is 0.251 e. The maximum atomic E-state index is 12.6. The predicted molar refractivity (Wildman–Crippen MR) is 92.2 cm³/mol. The van der Waals surface area contributed by atoms with E-state index in [2.05, 4.69) is 17.4 Å². The average molecular weight is 325 g/mol. The predicted octanol–water partition coefficient (Wildman–Crippen LogP) is 1.92. The van der Waals surface area contributed by atoms with Gasteiger partial charge in [-0.15, -0.1) is 0 Å². The van der Waals surface area contributed by atoms with Gasteiger partial charge in [0, 0.05) is 18.4 Å². The summed E-state index contributed by atoms with van der Waals surface area (Å²) in [7, 11) is 0. The number of carbonyl (C=O) groups is 1. The minimum absolute atomic E-state index is 0.0276. The topological polar surface area (TPSA) is 46.7 Å². The Bertz CT molecular complexity index is 702. The lowest BCUT2D eigenvalue weighted by atomic mass is 10.1. The average Bonchev–Trinajstić information content (AvgIpc) is 3.36. The van der Waals surface area contributed by atoms with E-state index in [0.717, 1.165) is 37.3 Å². The van der Waals surface area contributed by atoms with Crippen LogP contribution < -0.4 is 10.2 Å². The molecule has 0 radical (unpaired) electrons. The highest BCUT2D eigenvalue weighted by Crippen LogP contribution is 2.22. The Balaban J connectivity index is 1.44. The van der Waals surface area contributed by atoms with Crippen molar-refractivity contribution in [3.63, 3.8) is 0 Å². The van der Waals surface area contributed by atoms with Gasteiger partial charge in [-0.2, -0.15) is 0 Å². The molecular formula is C20H25N2O2+. The van der Waals surface area contributed by atoms with Crippen LogP contribution >= 0.6 is 0 Å². The lowest BCUT2D eigenvalue weighted by Crippen LogP contribution is -3.11. The molecule has 0 bridgehead atoms. The standard InChI is InChI=1S/C20H24N2O2/c23-20(17-9-8-15-5-3-6-16(15)13-17)21-14-18(19-7-4-12-24-19)22-10-1-2-11-22/h4,7-9,12-13,18H,1-3,5-6,10-11,14H2,(H,21,23)/p+1/t18-/m1/s1. The number of nitrogens with one attached hydrogen (secondary N) is 2. The van der Waals surface area contributed by atoms with E-state index in [0.29, 0.717) is 6.54 Å². The van der Waals surface area contributed by atoms with Crippen LogP contribution in [0, 0.1) is 0 Å². The number of hydrogen-bond donors (Lipinski definition) is 2. The van der Waals surface area contributed by atoms with E-state index < -0.39 is 0 Å². The van der Waals surface area contributed by atoms with E-state index in [1.807, 2.05) is 18.2 Å². The van der Waals surface area contributed by atoms with Crippen molar-refractivity contribution in [3.05, 3.63) is 59.0 Å². The number of rotatable bonds is 5. The molecule has 0 unspecified atom stereocenters. The van der Waals surface area contributed by atoms with Gasteiger partial charge in [0.2, 0.25) is 0 Å². The molecule has 0 spiro atoms. The van der Waals surface area contributed by atoms with Crippen molar-refractivity contribution in [3.8, 4) is 0 Å². The molecule has 1 aromatic heterocycles. The molecular weight excluding hydrogens is 300 g/mol. The highest BCUT2D eigenvalue weighted by Gasteiger charge is 2.29. The first kappa shape index (κ1) is 15.5. The summed E-state index contributed by atoms with van der Waals surface area (Å²) < 4.78 is 5.63. The zero-order valence-corrected chi connectivity index (χ0v) is 14.0. The summed E-state index contributed by atoms with van der Waals surface area (Å²) in [6, 6.07) is 10.3. The smallest absolute Gasteiger partial charge is 0.251 e. The molecule has 4 nitrogen and oxygen atoms in total. The Morgan fingerprint density at radius 2 is 1.96 bits per heavy atom. The number of furan rings is 1. The number of fused-ring (bicyclic) bond motifs is 1. The van der Waals surface area contributed by atoms with Gasteiger partial charge in [-0.05, 0) is 54.7 Å². The summed E-state index contributed by atoms with van der Waals surface area (Å²) >= 11 is 0. The molecule has 1 aliphatic heterocycles. The lowest BCUT2D eigenvalue weighted by molar-refractivity contribution is -0.919. The van der Waals surface area contributed by atoms with Gasteiger partial charge in [-0.25, -0.2) is 0 Å². The minimum atomic E-state index is 0.0276. The molecule has 1 saturated heterocycles. The molecule has 1 amide bonds. The van der Waals surface area contributed by atoms with Crippen LogP contribution in [0.3, 0.4) is 0 Å². The largest absolute Gasteiger partial charge is 0.463 e. The Labute approximate surface area is 142 Å². The van der Waals surface area contributed by atoms with Gasteiger partial charge in [0.1, 0.15) is 0 Å². The lowest BCUT2D eigenvalue weighted by Gasteiger charge is -2.23. The molecule has 24 heavy (non-hydrogen) atoms. The van der Waals surface area contributed by atoms with Crippen molar-refractivity contribution in [2.24, 2.45) is 0 Å². The monoisotopic (exact) mass is 325 g/mol. The van der Waals surface area contributed by atoms with Gasteiger partial charge in [0.15, 0.2) is 11.8 Å². The molecule has 1 aromatic carbocycles. The summed E-state index contributed by atoms with van der Waals surface area (Å²) in [5.74, 6) is 1.00. The third-order valence-electron chi connectivity index (χ3n) is 5.45. The number of likely N-dealkylation sites (tertiary alicyclic amines) is 1. The SMILES string of the molecule is O=C(NC[C@H](c1ccco1)[NH+]1CCCC1)c1ccc2c(c1)CCC2. The molecule has 4 heteroatoms. The highest BCUT2D eigenvalue weighted by atomic mass is 16.3. The Morgan fingerprint density at radius 1 is 1.12 bits per heavy atom.